The Labute approximate surface area is 123 Å². The molecule has 1 aromatic carbocycles. The summed E-state index contributed by atoms with van der Waals surface area (Å²) in [4.78, 5) is 0. The van der Waals surface area contributed by atoms with Crippen LogP contribution in [0.25, 0.3) is 0 Å². The highest BCUT2D eigenvalue weighted by Gasteiger charge is 2.16. The molecule has 1 aliphatic carbocycles. The van der Waals surface area contributed by atoms with Crippen molar-refractivity contribution in [3.63, 3.8) is 0 Å². The molecule has 2 rings (SSSR count). The molecule has 0 spiro atoms. The van der Waals surface area contributed by atoms with Crippen LogP contribution in [0, 0.1) is 0 Å². The lowest BCUT2D eigenvalue weighted by molar-refractivity contribution is 0.210. The Kier molecular flexibility index (Phi) is 5.52. The van der Waals surface area contributed by atoms with Gasteiger partial charge in [0.15, 0.2) is 0 Å². The molecule has 0 amide bonds. The van der Waals surface area contributed by atoms with Crippen LogP contribution in [0.2, 0.25) is 0 Å². The molecule has 1 aliphatic rings. The molecule has 1 unspecified atom stereocenters. The van der Waals surface area contributed by atoms with Gasteiger partial charge in [-0.25, -0.2) is 0 Å². The van der Waals surface area contributed by atoms with Gasteiger partial charge in [0.25, 0.3) is 0 Å². The fourth-order valence-electron chi connectivity index (χ4n) is 2.43. The van der Waals surface area contributed by atoms with Crippen molar-refractivity contribution in [1.82, 2.24) is 5.32 Å². The number of hydrogen-bond donors (Lipinski definition) is 1. The van der Waals surface area contributed by atoms with E-state index in [0.29, 0.717) is 6.04 Å². The van der Waals surface area contributed by atoms with Crippen molar-refractivity contribution in [3.8, 4) is 11.5 Å². The van der Waals surface area contributed by atoms with Crippen LogP contribution in [0.5, 0.6) is 11.5 Å². The van der Waals surface area contributed by atoms with E-state index in [-0.39, 0.29) is 6.10 Å². The smallest absolute Gasteiger partial charge is 0.134 e. The van der Waals surface area contributed by atoms with Crippen molar-refractivity contribution in [3.05, 3.63) is 22.7 Å². The van der Waals surface area contributed by atoms with Crippen LogP contribution in [0.15, 0.2) is 22.7 Å². The zero-order valence-corrected chi connectivity index (χ0v) is 13.2. The van der Waals surface area contributed by atoms with Crippen molar-refractivity contribution < 1.29 is 9.47 Å². The largest absolute Gasteiger partial charge is 0.497 e. The van der Waals surface area contributed by atoms with E-state index < -0.39 is 0 Å². The van der Waals surface area contributed by atoms with Gasteiger partial charge in [0.05, 0.1) is 11.6 Å². The molecule has 0 aliphatic heterocycles. The Morgan fingerprint density at radius 1 is 1.37 bits per heavy atom. The molecule has 0 heterocycles. The number of nitrogens with one attached hydrogen (secondary N) is 1. The number of halogens is 1. The Morgan fingerprint density at radius 2 is 2.11 bits per heavy atom. The molecule has 0 bridgehead atoms. The molecule has 1 atom stereocenters. The SMILES string of the molecule is COc1ccc(OC(C)CNC2CCCC2)c(Br)c1. The molecule has 0 radical (unpaired) electrons. The van der Waals surface area contributed by atoms with E-state index >= 15 is 0 Å². The minimum absolute atomic E-state index is 0.158. The highest BCUT2D eigenvalue weighted by atomic mass is 79.9. The lowest BCUT2D eigenvalue weighted by Gasteiger charge is -2.19. The average molecular weight is 328 g/mol. The maximum Gasteiger partial charge on any atom is 0.134 e. The van der Waals surface area contributed by atoms with Crippen molar-refractivity contribution in [2.24, 2.45) is 0 Å². The van der Waals surface area contributed by atoms with E-state index in [1.807, 2.05) is 18.2 Å². The first-order valence-electron chi connectivity index (χ1n) is 6.92. The molecular formula is C15H22BrNO2. The van der Waals surface area contributed by atoms with Crippen molar-refractivity contribution in [2.45, 2.75) is 44.8 Å². The van der Waals surface area contributed by atoms with E-state index in [1.165, 1.54) is 25.7 Å². The molecule has 19 heavy (non-hydrogen) atoms. The lowest BCUT2D eigenvalue weighted by atomic mass is 10.2. The van der Waals surface area contributed by atoms with E-state index in [1.54, 1.807) is 7.11 Å². The Hall–Kier alpha value is -0.740. The summed E-state index contributed by atoms with van der Waals surface area (Å²) in [5, 5.41) is 3.58. The van der Waals surface area contributed by atoms with Crippen molar-refractivity contribution >= 4 is 15.9 Å². The number of rotatable bonds is 6. The second kappa shape index (κ2) is 7.15. The third kappa shape index (κ3) is 4.39. The molecule has 106 valence electrons. The average Bonchev–Trinajstić information content (AvgIpc) is 2.92. The highest BCUT2D eigenvalue weighted by molar-refractivity contribution is 9.10. The van der Waals surface area contributed by atoms with E-state index in [4.69, 9.17) is 9.47 Å². The maximum atomic E-state index is 5.94. The first-order chi connectivity index (χ1) is 9.19. The van der Waals surface area contributed by atoms with E-state index in [2.05, 4.69) is 28.2 Å². The molecule has 3 nitrogen and oxygen atoms in total. The molecule has 1 fully saturated rings. The molecule has 1 N–H and O–H groups in total. The van der Waals surface area contributed by atoms with Crippen LogP contribution in [0.4, 0.5) is 0 Å². The van der Waals surface area contributed by atoms with Gasteiger partial charge < -0.3 is 14.8 Å². The minimum atomic E-state index is 0.158. The van der Waals surface area contributed by atoms with Crippen LogP contribution in [-0.4, -0.2) is 25.8 Å². The molecule has 0 saturated heterocycles. The monoisotopic (exact) mass is 327 g/mol. The van der Waals surface area contributed by atoms with Gasteiger partial charge in [-0.3, -0.25) is 0 Å². The van der Waals surface area contributed by atoms with Gasteiger partial charge in [-0.05, 0) is 53.9 Å². The van der Waals surface area contributed by atoms with Crippen molar-refractivity contribution in [1.29, 1.82) is 0 Å². The fraction of sp³-hybridized carbons (Fsp3) is 0.600. The zero-order chi connectivity index (χ0) is 13.7. The van der Waals surface area contributed by atoms with Crippen LogP contribution >= 0.6 is 15.9 Å². The summed E-state index contributed by atoms with van der Waals surface area (Å²) in [6.45, 7) is 2.99. The van der Waals surface area contributed by atoms with Gasteiger partial charge in [-0.15, -0.1) is 0 Å². The normalized spacial score (nSPS) is 17.4. The van der Waals surface area contributed by atoms with Crippen LogP contribution in [0.3, 0.4) is 0 Å². The number of ether oxygens (including phenoxy) is 2. The topological polar surface area (TPSA) is 30.5 Å². The number of benzene rings is 1. The third-order valence-corrected chi connectivity index (χ3v) is 4.14. The Morgan fingerprint density at radius 3 is 2.74 bits per heavy atom. The van der Waals surface area contributed by atoms with E-state index in [0.717, 1.165) is 22.5 Å². The van der Waals surface area contributed by atoms with Crippen molar-refractivity contribution in [2.75, 3.05) is 13.7 Å². The van der Waals surface area contributed by atoms with Crippen LogP contribution in [-0.2, 0) is 0 Å². The zero-order valence-electron chi connectivity index (χ0n) is 11.6. The van der Waals surface area contributed by atoms with Crippen LogP contribution in [0.1, 0.15) is 32.6 Å². The Balaban J connectivity index is 1.82. The molecule has 1 aromatic rings. The van der Waals surface area contributed by atoms with Gasteiger partial charge in [-0.2, -0.15) is 0 Å². The van der Waals surface area contributed by atoms with Crippen LogP contribution < -0.4 is 14.8 Å². The van der Waals surface area contributed by atoms with Gasteiger partial charge in [0.1, 0.15) is 17.6 Å². The number of methoxy groups -OCH3 is 1. The first-order valence-corrected chi connectivity index (χ1v) is 7.72. The Bertz CT molecular complexity index is 405. The molecular weight excluding hydrogens is 306 g/mol. The molecule has 4 heteroatoms. The van der Waals surface area contributed by atoms with E-state index in [9.17, 15) is 0 Å². The predicted molar refractivity (Wildman–Crippen MR) is 81.0 cm³/mol. The van der Waals surface area contributed by atoms with Gasteiger partial charge >= 0.3 is 0 Å². The van der Waals surface area contributed by atoms with Gasteiger partial charge in [0, 0.05) is 12.6 Å². The summed E-state index contributed by atoms with van der Waals surface area (Å²) in [5.41, 5.74) is 0. The first kappa shape index (κ1) is 14.7. The standard InChI is InChI=1S/C15H22BrNO2/c1-11(10-17-12-5-3-4-6-12)19-15-8-7-13(18-2)9-14(15)16/h7-9,11-12,17H,3-6,10H2,1-2H3. The summed E-state index contributed by atoms with van der Waals surface area (Å²) in [7, 11) is 1.66. The molecule has 1 saturated carbocycles. The van der Waals surface area contributed by atoms with Gasteiger partial charge in [-0.1, -0.05) is 12.8 Å². The lowest BCUT2D eigenvalue weighted by Crippen LogP contribution is -2.35. The summed E-state index contributed by atoms with van der Waals surface area (Å²) >= 11 is 3.51. The molecule has 0 aromatic heterocycles. The third-order valence-electron chi connectivity index (χ3n) is 3.52. The summed E-state index contributed by atoms with van der Waals surface area (Å²) < 4.78 is 12.0. The second-order valence-electron chi connectivity index (χ2n) is 5.11. The number of hydrogen-bond acceptors (Lipinski definition) is 3. The quantitative estimate of drug-likeness (QED) is 0.863. The van der Waals surface area contributed by atoms with Gasteiger partial charge in [0.2, 0.25) is 0 Å². The second-order valence-corrected chi connectivity index (χ2v) is 5.97. The summed E-state index contributed by atoms with van der Waals surface area (Å²) in [6.07, 6.45) is 5.48. The fourth-order valence-corrected chi connectivity index (χ4v) is 2.88. The predicted octanol–water partition coefficient (Wildman–Crippen LogP) is 3.76. The summed E-state index contributed by atoms with van der Waals surface area (Å²) in [5.74, 6) is 1.69. The highest BCUT2D eigenvalue weighted by Crippen LogP contribution is 2.29. The summed E-state index contributed by atoms with van der Waals surface area (Å²) in [6, 6.07) is 6.46. The minimum Gasteiger partial charge on any atom is -0.497 e. The maximum absolute atomic E-state index is 5.94.